The van der Waals surface area contributed by atoms with Gasteiger partial charge in [0.25, 0.3) is 0 Å². The lowest BCUT2D eigenvalue weighted by atomic mass is 10.3. The summed E-state index contributed by atoms with van der Waals surface area (Å²) in [6, 6.07) is 9.45. The molecule has 0 spiro atoms. The van der Waals surface area contributed by atoms with Crippen LogP contribution in [0.15, 0.2) is 35.5 Å². The monoisotopic (exact) mass is 275 g/mol. The molecular weight excluding hydrogens is 258 g/mol. The van der Waals surface area contributed by atoms with Crippen molar-refractivity contribution in [1.82, 2.24) is 9.97 Å². The highest BCUT2D eigenvalue weighted by Gasteiger charge is 2.08. The second-order valence-electron chi connectivity index (χ2n) is 4.17. The number of carbonyl (C=O) groups excluding carboxylic acids is 1. The molecular formula is C14H17N3OS. The molecule has 5 heteroatoms. The highest BCUT2D eigenvalue weighted by molar-refractivity contribution is 7.99. The number of aromatic amines is 1. The van der Waals surface area contributed by atoms with Gasteiger partial charge >= 0.3 is 0 Å². The lowest BCUT2D eigenvalue weighted by Crippen LogP contribution is -2.13. The number of nitrogens with one attached hydrogen (secondary N) is 2. The summed E-state index contributed by atoms with van der Waals surface area (Å²) in [5.41, 5.74) is 2.96. The lowest BCUT2D eigenvalue weighted by molar-refractivity contribution is -0.113. The number of para-hydroxylation sites is 1. The molecule has 0 saturated carbocycles. The quantitative estimate of drug-likeness (QED) is 0.825. The summed E-state index contributed by atoms with van der Waals surface area (Å²) in [6.45, 7) is 4.07. The maximum absolute atomic E-state index is 11.8. The fourth-order valence-corrected chi connectivity index (χ4v) is 2.47. The van der Waals surface area contributed by atoms with Crippen LogP contribution in [-0.4, -0.2) is 21.6 Å². The van der Waals surface area contributed by atoms with Gasteiger partial charge in [-0.3, -0.25) is 4.79 Å². The molecule has 2 rings (SSSR count). The number of rotatable bonds is 5. The fourth-order valence-electron chi connectivity index (χ4n) is 1.73. The Hall–Kier alpha value is -1.75. The van der Waals surface area contributed by atoms with E-state index < -0.39 is 0 Å². The van der Waals surface area contributed by atoms with E-state index in [1.807, 2.05) is 37.3 Å². The molecule has 1 amide bonds. The van der Waals surface area contributed by atoms with Gasteiger partial charge in [0.2, 0.25) is 5.91 Å². The SMILES string of the molecule is CCc1nc(SCC(=O)Nc2ccccc2)[nH]c1C. The molecule has 2 N–H and O–H groups in total. The highest BCUT2D eigenvalue weighted by atomic mass is 32.2. The summed E-state index contributed by atoms with van der Waals surface area (Å²) in [5, 5.41) is 3.65. The summed E-state index contributed by atoms with van der Waals surface area (Å²) in [6.07, 6.45) is 0.902. The minimum absolute atomic E-state index is 0.0247. The fraction of sp³-hybridized carbons (Fsp3) is 0.286. The van der Waals surface area contributed by atoms with Crippen LogP contribution in [0.4, 0.5) is 5.69 Å². The summed E-state index contributed by atoms with van der Waals surface area (Å²) < 4.78 is 0. The number of hydrogen-bond acceptors (Lipinski definition) is 3. The molecule has 1 aromatic carbocycles. The Morgan fingerprint density at radius 3 is 2.74 bits per heavy atom. The first-order chi connectivity index (χ1) is 9.19. The zero-order valence-electron chi connectivity index (χ0n) is 11.1. The van der Waals surface area contributed by atoms with Crippen molar-refractivity contribution in [3.63, 3.8) is 0 Å². The van der Waals surface area contributed by atoms with E-state index in [1.54, 1.807) is 0 Å². The van der Waals surface area contributed by atoms with Gasteiger partial charge in [0.05, 0.1) is 11.4 Å². The molecule has 0 saturated heterocycles. The zero-order valence-corrected chi connectivity index (χ0v) is 11.9. The Morgan fingerprint density at radius 2 is 2.11 bits per heavy atom. The van der Waals surface area contributed by atoms with Gasteiger partial charge in [0.1, 0.15) is 0 Å². The topological polar surface area (TPSA) is 57.8 Å². The van der Waals surface area contributed by atoms with E-state index >= 15 is 0 Å². The average molecular weight is 275 g/mol. The second-order valence-corrected chi connectivity index (χ2v) is 5.13. The number of hydrogen-bond donors (Lipinski definition) is 2. The van der Waals surface area contributed by atoms with Crippen molar-refractivity contribution in [3.8, 4) is 0 Å². The first kappa shape index (κ1) is 13.7. The van der Waals surface area contributed by atoms with Crippen LogP contribution in [-0.2, 0) is 11.2 Å². The minimum Gasteiger partial charge on any atom is -0.337 e. The van der Waals surface area contributed by atoms with E-state index in [2.05, 4.69) is 22.2 Å². The van der Waals surface area contributed by atoms with Crippen molar-refractivity contribution >= 4 is 23.4 Å². The van der Waals surface area contributed by atoms with Gasteiger partial charge in [-0.1, -0.05) is 36.9 Å². The van der Waals surface area contributed by atoms with Gasteiger partial charge in [-0.25, -0.2) is 4.98 Å². The number of benzene rings is 1. The number of H-pyrrole nitrogens is 1. The van der Waals surface area contributed by atoms with E-state index in [0.29, 0.717) is 5.75 Å². The Bertz CT molecular complexity index is 551. The maximum Gasteiger partial charge on any atom is 0.234 e. The number of aromatic nitrogens is 2. The number of nitrogens with zero attached hydrogens (tertiary/aromatic N) is 1. The molecule has 0 radical (unpaired) electrons. The van der Waals surface area contributed by atoms with Gasteiger partial charge in [-0.15, -0.1) is 0 Å². The van der Waals surface area contributed by atoms with E-state index in [0.717, 1.165) is 28.7 Å². The molecule has 0 bridgehead atoms. The molecule has 2 aromatic rings. The average Bonchev–Trinajstić information content (AvgIpc) is 2.78. The van der Waals surface area contributed by atoms with Gasteiger partial charge in [-0.2, -0.15) is 0 Å². The lowest BCUT2D eigenvalue weighted by Gasteiger charge is -2.03. The molecule has 0 aliphatic rings. The second kappa shape index (κ2) is 6.43. The first-order valence-corrected chi connectivity index (χ1v) is 7.20. The van der Waals surface area contributed by atoms with Gasteiger partial charge < -0.3 is 10.3 Å². The van der Waals surface area contributed by atoms with Crippen molar-refractivity contribution in [1.29, 1.82) is 0 Å². The molecule has 0 fully saturated rings. The number of imidazole rings is 1. The predicted octanol–water partition coefficient (Wildman–Crippen LogP) is 3.01. The molecule has 0 unspecified atom stereocenters. The molecule has 100 valence electrons. The van der Waals surface area contributed by atoms with Crippen LogP contribution in [0.3, 0.4) is 0 Å². The number of aryl methyl sites for hydroxylation is 2. The summed E-state index contributed by atoms with van der Waals surface area (Å²) in [7, 11) is 0. The zero-order chi connectivity index (χ0) is 13.7. The van der Waals surface area contributed by atoms with Gasteiger partial charge in [0.15, 0.2) is 5.16 Å². The highest BCUT2D eigenvalue weighted by Crippen LogP contribution is 2.17. The Kier molecular flexibility index (Phi) is 4.63. The predicted molar refractivity (Wildman–Crippen MR) is 78.5 cm³/mol. The minimum atomic E-state index is -0.0247. The Morgan fingerprint density at radius 1 is 1.37 bits per heavy atom. The van der Waals surface area contributed by atoms with Crippen molar-refractivity contribution in [3.05, 3.63) is 41.7 Å². The largest absolute Gasteiger partial charge is 0.337 e. The van der Waals surface area contributed by atoms with Crippen LogP contribution in [0, 0.1) is 6.92 Å². The maximum atomic E-state index is 11.8. The van der Waals surface area contributed by atoms with Crippen LogP contribution < -0.4 is 5.32 Å². The Labute approximate surface area is 117 Å². The van der Waals surface area contributed by atoms with Crippen LogP contribution in [0.2, 0.25) is 0 Å². The number of thioether (sulfide) groups is 1. The summed E-state index contributed by atoms with van der Waals surface area (Å²) >= 11 is 1.42. The normalized spacial score (nSPS) is 10.4. The number of amides is 1. The number of anilines is 1. The van der Waals surface area contributed by atoms with Crippen molar-refractivity contribution in [2.24, 2.45) is 0 Å². The van der Waals surface area contributed by atoms with E-state index in [4.69, 9.17) is 0 Å². The molecule has 1 heterocycles. The van der Waals surface area contributed by atoms with Crippen LogP contribution in [0.25, 0.3) is 0 Å². The van der Waals surface area contributed by atoms with Crippen LogP contribution in [0.1, 0.15) is 18.3 Å². The van der Waals surface area contributed by atoms with Gasteiger partial charge in [0, 0.05) is 11.4 Å². The Balaban J connectivity index is 1.86. The molecule has 0 atom stereocenters. The van der Waals surface area contributed by atoms with Crippen molar-refractivity contribution in [2.45, 2.75) is 25.4 Å². The molecule has 4 nitrogen and oxygen atoms in total. The van der Waals surface area contributed by atoms with Crippen molar-refractivity contribution in [2.75, 3.05) is 11.1 Å². The van der Waals surface area contributed by atoms with Crippen LogP contribution >= 0.6 is 11.8 Å². The summed E-state index contributed by atoms with van der Waals surface area (Å²) in [5.74, 6) is 0.327. The summed E-state index contributed by atoms with van der Waals surface area (Å²) in [4.78, 5) is 19.4. The third kappa shape index (κ3) is 3.86. The number of carbonyl (C=O) groups is 1. The molecule has 1 aromatic heterocycles. The first-order valence-electron chi connectivity index (χ1n) is 6.22. The van der Waals surface area contributed by atoms with Gasteiger partial charge in [-0.05, 0) is 25.5 Å². The molecule has 19 heavy (non-hydrogen) atoms. The van der Waals surface area contributed by atoms with E-state index in [9.17, 15) is 4.79 Å². The van der Waals surface area contributed by atoms with Crippen LogP contribution in [0.5, 0.6) is 0 Å². The third-order valence-electron chi connectivity index (χ3n) is 2.70. The molecule has 0 aliphatic heterocycles. The third-order valence-corrected chi connectivity index (χ3v) is 3.57. The smallest absolute Gasteiger partial charge is 0.234 e. The molecule has 0 aliphatic carbocycles. The van der Waals surface area contributed by atoms with E-state index in [1.165, 1.54) is 11.8 Å². The standard InChI is InChI=1S/C14H17N3OS/c1-3-12-10(2)15-14(17-12)19-9-13(18)16-11-7-5-4-6-8-11/h4-8H,3,9H2,1-2H3,(H,15,17)(H,16,18). The van der Waals surface area contributed by atoms with Crippen molar-refractivity contribution < 1.29 is 4.79 Å². The van der Waals surface area contributed by atoms with E-state index in [-0.39, 0.29) is 5.91 Å².